The van der Waals surface area contributed by atoms with Crippen LogP contribution in [0.4, 0.5) is 14.3 Å². The molecule has 2 aromatic rings. The van der Waals surface area contributed by atoms with Crippen molar-refractivity contribution in [1.29, 1.82) is 0 Å². The van der Waals surface area contributed by atoms with Gasteiger partial charge in [0, 0.05) is 6.04 Å². The van der Waals surface area contributed by atoms with Gasteiger partial charge in [0.2, 0.25) is 0 Å². The lowest BCUT2D eigenvalue weighted by molar-refractivity contribution is 0.0503. The SMILES string of the molecule is CC(C)(C)OC(=O)N[C@@H]1CCC[C@@H]1Nc1nc2ccc(F)cc2s1. The third kappa shape index (κ3) is 4.14. The van der Waals surface area contributed by atoms with Crippen LogP contribution >= 0.6 is 11.3 Å². The summed E-state index contributed by atoms with van der Waals surface area (Å²) >= 11 is 1.42. The van der Waals surface area contributed by atoms with Crippen molar-refractivity contribution in [2.45, 2.75) is 57.7 Å². The number of carbonyl (C=O) groups excluding carboxylic acids is 1. The highest BCUT2D eigenvalue weighted by molar-refractivity contribution is 7.22. The quantitative estimate of drug-likeness (QED) is 0.866. The van der Waals surface area contributed by atoms with Crippen LogP contribution in [0.25, 0.3) is 10.2 Å². The van der Waals surface area contributed by atoms with Gasteiger partial charge in [-0.25, -0.2) is 14.2 Å². The molecule has 0 aliphatic heterocycles. The van der Waals surface area contributed by atoms with E-state index in [1.165, 1.54) is 23.5 Å². The molecule has 1 aromatic carbocycles. The summed E-state index contributed by atoms with van der Waals surface area (Å²) in [5, 5.41) is 7.07. The Labute approximate surface area is 144 Å². The minimum absolute atomic E-state index is 0.00333. The number of amides is 1. The number of hydrogen-bond donors (Lipinski definition) is 2. The van der Waals surface area contributed by atoms with Gasteiger partial charge in [-0.1, -0.05) is 11.3 Å². The predicted octanol–water partition coefficient (Wildman–Crippen LogP) is 4.29. The summed E-state index contributed by atoms with van der Waals surface area (Å²) in [6.07, 6.45) is 2.48. The van der Waals surface area contributed by atoms with Gasteiger partial charge in [-0.2, -0.15) is 0 Å². The molecule has 1 aromatic heterocycles. The first-order valence-electron chi connectivity index (χ1n) is 8.12. The van der Waals surface area contributed by atoms with Gasteiger partial charge in [0.25, 0.3) is 0 Å². The zero-order valence-electron chi connectivity index (χ0n) is 14.1. The molecule has 1 fully saturated rings. The largest absolute Gasteiger partial charge is 0.444 e. The summed E-state index contributed by atoms with van der Waals surface area (Å²) in [6, 6.07) is 4.68. The van der Waals surface area contributed by atoms with Gasteiger partial charge >= 0.3 is 6.09 Å². The number of anilines is 1. The Balaban J connectivity index is 1.65. The van der Waals surface area contributed by atoms with Crippen molar-refractivity contribution in [1.82, 2.24) is 10.3 Å². The Hall–Kier alpha value is -1.89. The normalized spacial score (nSPS) is 21.0. The van der Waals surface area contributed by atoms with Crippen LogP contribution in [0.15, 0.2) is 18.2 Å². The van der Waals surface area contributed by atoms with E-state index in [0.29, 0.717) is 0 Å². The number of rotatable bonds is 3. The van der Waals surface area contributed by atoms with Gasteiger partial charge in [-0.15, -0.1) is 0 Å². The zero-order valence-corrected chi connectivity index (χ0v) is 14.9. The molecular weight excluding hydrogens is 329 g/mol. The molecule has 0 saturated heterocycles. The molecule has 2 atom stereocenters. The van der Waals surface area contributed by atoms with Crippen molar-refractivity contribution in [2.75, 3.05) is 5.32 Å². The molecule has 0 spiro atoms. The van der Waals surface area contributed by atoms with Gasteiger partial charge in [-0.05, 0) is 58.2 Å². The topological polar surface area (TPSA) is 63.2 Å². The van der Waals surface area contributed by atoms with Gasteiger partial charge in [-0.3, -0.25) is 0 Å². The van der Waals surface area contributed by atoms with Crippen LogP contribution < -0.4 is 10.6 Å². The maximum atomic E-state index is 13.3. The van der Waals surface area contributed by atoms with E-state index in [2.05, 4.69) is 15.6 Å². The molecule has 1 saturated carbocycles. The summed E-state index contributed by atoms with van der Waals surface area (Å²) in [4.78, 5) is 16.5. The number of thiazole rings is 1. The summed E-state index contributed by atoms with van der Waals surface area (Å²) in [7, 11) is 0. The molecule has 7 heteroatoms. The highest BCUT2D eigenvalue weighted by Gasteiger charge is 2.30. The van der Waals surface area contributed by atoms with E-state index in [1.807, 2.05) is 20.8 Å². The number of alkyl carbamates (subject to hydrolysis) is 1. The fourth-order valence-electron chi connectivity index (χ4n) is 2.88. The molecular formula is C17H22FN3O2S. The molecule has 1 aliphatic carbocycles. The lowest BCUT2D eigenvalue weighted by Crippen LogP contribution is -2.45. The number of nitrogens with one attached hydrogen (secondary N) is 2. The third-order valence-corrected chi connectivity index (χ3v) is 4.83. The van der Waals surface area contributed by atoms with Crippen molar-refractivity contribution < 1.29 is 13.9 Å². The maximum absolute atomic E-state index is 13.3. The first-order valence-corrected chi connectivity index (χ1v) is 8.94. The Bertz CT molecular complexity index is 741. The predicted molar refractivity (Wildman–Crippen MR) is 94.0 cm³/mol. The zero-order chi connectivity index (χ0) is 17.3. The van der Waals surface area contributed by atoms with E-state index >= 15 is 0 Å². The van der Waals surface area contributed by atoms with Crippen LogP contribution in [-0.2, 0) is 4.74 Å². The molecule has 0 unspecified atom stereocenters. The van der Waals surface area contributed by atoms with Crippen molar-refractivity contribution in [2.24, 2.45) is 0 Å². The van der Waals surface area contributed by atoms with Gasteiger partial charge < -0.3 is 15.4 Å². The molecule has 0 radical (unpaired) electrons. The molecule has 1 amide bonds. The Morgan fingerprint density at radius 1 is 1.33 bits per heavy atom. The second kappa shape index (κ2) is 6.55. The van der Waals surface area contributed by atoms with Crippen LogP contribution in [0.2, 0.25) is 0 Å². The molecule has 0 bridgehead atoms. The van der Waals surface area contributed by atoms with Crippen LogP contribution in [0.5, 0.6) is 0 Å². The third-order valence-electron chi connectivity index (χ3n) is 3.88. The van der Waals surface area contributed by atoms with Crippen molar-refractivity contribution >= 4 is 32.8 Å². The van der Waals surface area contributed by atoms with Crippen LogP contribution in [0, 0.1) is 5.82 Å². The number of benzene rings is 1. The average Bonchev–Trinajstić information content (AvgIpc) is 3.03. The summed E-state index contributed by atoms with van der Waals surface area (Å²) in [5.41, 5.74) is 0.265. The van der Waals surface area contributed by atoms with E-state index in [1.54, 1.807) is 6.07 Å². The summed E-state index contributed by atoms with van der Waals surface area (Å²) in [5.74, 6) is -0.261. The smallest absolute Gasteiger partial charge is 0.407 e. The number of aromatic nitrogens is 1. The Morgan fingerprint density at radius 2 is 2.08 bits per heavy atom. The second-order valence-electron chi connectivity index (χ2n) is 7.07. The lowest BCUT2D eigenvalue weighted by atomic mass is 10.2. The highest BCUT2D eigenvalue weighted by Crippen LogP contribution is 2.30. The molecule has 1 aliphatic rings. The summed E-state index contributed by atoms with van der Waals surface area (Å²) in [6.45, 7) is 5.53. The molecule has 5 nitrogen and oxygen atoms in total. The van der Waals surface area contributed by atoms with E-state index < -0.39 is 11.7 Å². The Morgan fingerprint density at radius 3 is 2.83 bits per heavy atom. The molecule has 1 heterocycles. The standard InChI is InChI=1S/C17H22FN3O2S/c1-17(2,3)23-16(22)21-12-6-4-5-11(12)19-15-20-13-8-7-10(18)9-14(13)24-15/h7-9,11-12H,4-6H2,1-3H3,(H,19,20)(H,21,22)/t11-,12+/m0/s1. The van der Waals surface area contributed by atoms with Crippen LogP contribution in [-0.4, -0.2) is 28.8 Å². The Kier molecular flexibility index (Phi) is 4.62. The van der Waals surface area contributed by atoms with Crippen molar-refractivity contribution in [3.63, 3.8) is 0 Å². The number of ether oxygens (including phenoxy) is 1. The van der Waals surface area contributed by atoms with Gasteiger partial charge in [0.1, 0.15) is 11.4 Å². The van der Waals surface area contributed by atoms with Crippen LogP contribution in [0.1, 0.15) is 40.0 Å². The van der Waals surface area contributed by atoms with E-state index in [0.717, 1.165) is 34.6 Å². The van der Waals surface area contributed by atoms with Crippen molar-refractivity contribution in [3.8, 4) is 0 Å². The average molecular weight is 351 g/mol. The van der Waals surface area contributed by atoms with Crippen LogP contribution in [0.3, 0.4) is 0 Å². The van der Waals surface area contributed by atoms with E-state index in [-0.39, 0.29) is 17.9 Å². The molecule has 24 heavy (non-hydrogen) atoms. The van der Waals surface area contributed by atoms with Crippen molar-refractivity contribution in [3.05, 3.63) is 24.0 Å². The second-order valence-corrected chi connectivity index (χ2v) is 8.10. The number of halogens is 1. The lowest BCUT2D eigenvalue weighted by Gasteiger charge is -2.25. The molecule has 3 rings (SSSR count). The van der Waals surface area contributed by atoms with E-state index in [4.69, 9.17) is 4.74 Å². The monoisotopic (exact) mass is 351 g/mol. The first-order chi connectivity index (χ1) is 11.3. The highest BCUT2D eigenvalue weighted by atomic mass is 32.1. The summed E-state index contributed by atoms with van der Waals surface area (Å²) < 4.78 is 19.4. The van der Waals surface area contributed by atoms with Gasteiger partial charge in [0.05, 0.1) is 16.3 Å². The number of carbonyl (C=O) groups is 1. The van der Waals surface area contributed by atoms with Gasteiger partial charge in [0.15, 0.2) is 5.13 Å². The number of fused-ring (bicyclic) bond motifs is 1. The fourth-order valence-corrected chi connectivity index (χ4v) is 3.84. The molecule has 130 valence electrons. The minimum Gasteiger partial charge on any atom is -0.444 e. The first kappa shape index (κ1) is 17.0. The fraction of sp³-hybridized carbons (Fsp3) is 0.529. The maximum Gasteiger partial charge on any atom is 0.407 e. The minimum atomic E-state index is -0.511. The number of nitrogens with zero attached hydrogens (tertiary/aromatic N) is 1. The number of hydrogen-bond acceptors (Lipinski definition) is 5. The van der Waals surface area contributed by atoms with E-state index in [9.17, 15) is 9.18 Å². The molecule has 2 N–H and O–H groups in total.